The smallest absolute Gasteiger partial charge is 0.191 e. The lowest BCUT2D eigenvalue weighted by atomic mass is 9.84. The van der Waals surface area contributed by atoms with Gasteiger partial charge in [0.25, 0.3) is 0 Å². The van der Waals surface area contributed by atoms with Crippen LogP contribution in [0.25, 0.3) is 0 Å². The number of piperidine rings is 1. The van der Waals surface area contributed by atoms with E-state index < -0.39 is 0 Å². The van der Waals surface area contributed by atoms with Crippen LogP contribution < -0.4 is 15.4 Å². The fraction of sp³-hybridized carbons (Fsp3) is 0.682. The topological polar surface area (TPSA) is 48.9 Å². The third-order valence-corrected chi connectivity index (χ3v) is 5.30. The number of nitrogens with one attached hydrogen (secondary N) is 2. The second-order valence-corrected chi connectivity index (χ2v) is 8.07. The number of rotatable bonds is 8. The zero-order valence-corrected chi connectivity index (χ0v) is 20.6. The van der Waals surface area contributed by atoms with E-state index in [9.17, 15) is 0 Å². The Kier molecular flexibility index (Phi) is 11.2. The molecule has 0 aromatic heterocycles. The van der Waals surface area contributed by atoms with Crippen molar-refractivity contribution in [2.24, 2.45) is 4.99 Å². The minimum absolute atomic E-state index is 0. The number of methoxy groups -OCH3 is 1. The molecule has 0 amide bonds. The highest BCUT2D eigenvalue weighted by Crippen LogP contribution is 2.26. The maximum atomic E-state index is 5.38. The van der Waals surface area contributed by atoms with Gasteiger partial charge in [-0.1, -0.05) is 32.9 Å². The molecule has 6 heteroatoms. The van der Waals surface area contributed by atoms with Crippen LogP contribution >= 0.6 is 24.0 Å². The van der Waals surface area contributed by atoms with E-state index >= 15 is 0 Å². The number of benzene rings is 1. The maximum absolute atomic E-state index is 5.38. The molecule has 0 bridgehead atoms. The Morgan fingerprint density at radius 1 is 1.25 bits per heavy atom. The van der Waals surface area contributed by atoms with Gasteiger partial charge in [-0.25, -0.2) is 0 Å². The summed E-state index contributed by atoms with van der Waals surface area (Å²) in [5.41, 5.74) is 1.19. The third-order valence-electron chi connectivity index (χ3n) is 5.30. The zero-order chi connectivity index (χ0) is 19.7. The summed E-state index contributed by atoms with van der Waals surface area (Å²) >= 11 is 0. The van der Waals surface area contributed by atoms with Gasteiger partial charge in [0.05, 0.1) is 13.7 Å². The molecule has 5 nitrogen and oxygen atoms in total. The van der Waals surface area contributed by atoms with Crippen LogP contribution in [0.2, 0.25) is 0 Å². The Morgan fingerprint density at radius 2 is 1.96 bits per heavy atom. The van der Waals surface area contributed by atoms with E-state index in [-0.39, 0.29) is 29.4 Å². The zero-order valence-electron chi connectivity index (χ0n) is 18.3. The Labute approximate surface area is 188 Å². The van der Waals surface area contributed by atoms with Crippen molar-refractivity contribution in [1.82, 2.24) is 15.5 Å². The first-order valence-electron chi connectivity index (χ1n) is 10.4. The SMILES string of the molecule is CCCN1CCC(NC(=NCC(C)(C)c2cccc(OC)c2)NCC)CC1.I. The summed E-state index contributed by atoms with van der Waals surface area (Å²) in [6.07, 6.45) is 3.61. The summed E-state index contributed by atoms with van der Waals surface area (Å²) in [6.45, 7) is 14.0. The third kappa shape index (κ3) is 7.78. The van der Waals surface area contributed by atoms with E-state index in [1.807, 2.05) is 12.1 Å². The minimum atomic E-state index is -0.0542. The van der Waals surface area contributed by atoms with Gasteiger partial charge >= 0.3 is 0 Å². The lowest BCUT2D eigenvalue weighted by Gasteiger charge is -2.33. The van der Waals surface area contributed by atoms with E-state index in [1.54, 1.807) is 7.11 Å². The molecule has 160 valence electrons. The van der Waals surface area contributed by atoms with Crippen LogP contribution in [0.3, 0.4) is 0 Å². The van der Waals surface area contributed by atoms with Crippen LogP contribution in [-0.4, -0.2) is 56.7 Å². The van der Waals surface area contributed by atoms with E-state index in [4.69, 9.17) is 9.73 Å². The highest BCUT2D eigenvalue weighted by Gasteiger charge is 2.22. The normalized spacial score (nSPS) is 16.4. The number of nitrogens with zero attached hydrogens (tertiary/aromatic N) is 2. The summed E-state index contributed by atoms with van der Waals surface area (Å²) in [5.74, 6) is 1.83. The molecule has 0 radical (unpaired) electrons. The van der Waals surface area contributed by atoms with E-state index in [1.165, 1.54) is 44.5 Å². The quantitative estimate of drug-likeness (QED) is 0.320. The van der Waals surface area contributed by atoms with Gasteiger partial charge < -0.3 is 20.3 Å². The van der Waals surface area contributed by atoms with E-state index in [0.717, 1.165) is 24.8 Å². The van der Waals surface area contributed by atoms with Crippen molar-refractivity contribution in [3.8, 4) is 5.75 Å². The van der Waals surface area contributed by atoms with Gasteiger partial charge in [0.15, 0.2) is 5.96 Å². The highest BCUT2D eigenvalue weighted by molar-refractivity contribution is 14.0. The summed E-state index contributed by atoms with van der Waals surface area (Å²) in [7, 11) is 1.71. The van der Waals surface area contributed by atoms with Crippen molar-refractivity contribution in [1.29, 1.82) is 0 Å². The minimum Gasteiger partial charge on any atom is -0.497 e. The number of ether oxygens (including phenoxy) is 1. The first-order valence-corrected chi connectivity index (χ1v) is 10.4. The van der Waals surface area contributed by atoms with Crippen LogP contribution in [0.15, 0.2) is 29.3 Å². The van der Waals surface area contributed by atoms with E-state index in [0.29, 0.717) is 6.04 Å². The Bertz CT molecular complexity index is 598. The van der Waals surface area contributed by atoms with Crippen molar-refractivity contribution < 1.29 is 4.74 Å². The summed E-state index contributed by atoms with van der Waals surface area (Å²) in [5, 5.41) is 7.07. The largest absolute Gasteiger partial charge is 0.497 e. The summed E-state index contributed by atoms with van der Waals surface area (Å²) in [4.78, 5) is 7.47. The lowest BCUT2D eigenvalue weighted by molar-refractivity contribution is 0.206. The lowest BCUT2D eigenvalue weighted by Crippen LogP contribution is -2.49. The molecule has 28 heavy (non-hydrogen) atoms. The van der Waals surface area contributed by atoms with Crippen LogP contribution in [0, 0.1) is 0 Å². The van der Waals surface area contributed by atoms with Crippen LogP contribution in [-0.2, 0) is 5.41 Å². The van der Waals surface area contributed by atoms with Gasteiger partial charge in [0.2, 0.25) is 0 Å². The molecule has 2 N–H and O–H groups in total. The number of guanidine groups is 1. The van der Waals surface area contributed by atoms with Gasteiger partial charge in [-0.15, -0.1) is 24.0 Å². The molecule has 0 atom stereocenters. The molecule has 1 aromatic carbocycles. The fourth-order valence-corrected chi connectivity index (χ4v) is 3.54. The van der Waals surface area contributed by atoms with Gasteiger partial charge in [-0.2, -0.15) is 0 Å². The Hall–Kier alpha value is -1.02. The van der Waals surface area contributed by atoms with Gasteiger partial charge in [0.1, 0.15) is 5.75 Å². The van der Waals surface area contributed by atoms with Crippen molar-refractivity contribution in [3.05, 3.63) is 29.8 Å². The number of aliphatic imine (C=N–C) groups is 1. The van der Waals surface area contributed by atoms with E-state index in [2.05, 4.69) is 55.4 Å². The molecule has 2 rings (SSSR count). The van der Waals surface area contributed by atoms with Gasteiger partial charge in [-0.3, -0.25) is 4.99 Å². The molecule has 1 aromatic rings. The average Bonchev–Trinajstić information content (AvgIpc) is 2.68. The molecule has 1 aliphatic heterocycles. The number of hydrogen-bond acceptors (Lipinski definition) is 3. The van der Waals surface area contributed by atoms with Crippen LogP contribution in [0.1, 0.15) is 52.5 Å². The summed E-state index contributed by atoms with van der Waals surface area (Å²) < 4.78 is 5.38. The molecular formula is C22H39IN4O. The second-order valence-electron chi connectivity index (χ2n) is 8.07. The van der Waals surface area contributed by atoms with Gasteiger partial charge in [-0.05, 0) is 50.4 Å². The van der Waals surface area contributed by atoms with Crippen molar-refractivity contribution in [2.75, 3.05) is 39.8 Å². The standard InChI is InChI=1S/C22H38N4O.HI/c1-6-13-26-14-11-19(12-15-26)25-21(23-7-2)24-17-22(3,4)18-9-8-10-20(16-18)27-5;/h8-10,16,19H,6-7,11-15,17H2,1-5H3,(H2,23,24,25);1H. The molecule has 1 heterocycles. The molecule has 0 aliphatic carbocycles. The Balaban J connectivity index is 0.00000392. The highest BCUT2D eigenvalue weighted by atomic mass is 127. The number of likely N-dealkylation sites (tertiary alicyclic amines) is 1. The maximum Gasteiger partial charge on any atom is 0.191 e. The molecular weight excluding hydrogens is 463 g/mol. The van der Waals surface area contributed by atoms with Gasteiger partial charge in [0, 0.05) is 31.1 Å². The van der Waals surface area contributed by atoms with Crippen molar-refractivity contribution in [2.45, 2.75) is 58.4 Å². The molecule has 1 saturated heterocycles. The van der Waals surface area contributed by atoms with Crippen molar-refractivity contribution in [3.63, 3.8) is 0 Å². The summed E-state index contributed by atoms with van der Waals surface area (Å²) in [6, 6.07) is 8.81. The molecule has 0 spiro atoms. The van der Waals surface area contributed by atoms with Crippen LogP contribution in [0.5, 0.6) is 5.75 Å². The van der Waals surface area contributed by atoms with Crippen molar-refractivity contribution >= 4 is 29.9 Å². The molecule has 1 fully saturated rings. The van der Waals surface area contributed by atoms with Crippen LogP contribution in [0.4, 0.5) is 0 Å². The molecule has 1 aliphatic rings. The fourth-order valence-electron chi connectivity index (χ4n) is 3.54. The predicted molar refractivity (Wildman–Crippen MR) is 130 cm³/mol. The number of halogens is 1. The first kappa shape index (κ1) is 25.0. The average molecular weight is 502 g/mol. The molecule has 0 unspecified atom stereocenters. The number of hydrogen-bond donors (Lipinski definition) is 2. The molecule has 0 saturated carbocycles. The first-order chi connectivity index (χ1) is 13.0. The monoisotopic (exact) mass is 502 g/mol. The predicted octanol–water partition coefficient (Wildman–Crippen LogP) is 4.02. The Morgan fingerprint density at radius 3 is 2.57 bits per heavy atom. The second kappa shape index (κ2) is 12.5.